The number of hydrogen-bond donors (Lipinski definition) is 0. The number of hydrogen-bond acceptors (Lipinski definition) is 7. The second-order valence-corrected chi connectivity index (χ2v) is 8.13. The molecule has 3 rings (SSSR count). The SMILES string of the molecule is CCOC(=O)/C=C/C1(C)C[C@H]2[C@@H]1CC[C@@]2(C)Oc1ccc([N+](=O)[O-])cc1[N+](=O)[O-]. The first-order valence-electron chi connectivity index (χ1n) is 9.57. The topological polar surface area (TPSA) is 122 Å². The molecule has 0 radical (unpaired) electrons. The first kappa shape index (κ1) is 20.8. The van der Waals surface area contributed by atoms with Crippen LogP contribution in [0.3, 0.4) is 0 Å². The van der Waals surface area contributed by atoms with E-state index in [1.54, 1.807) is 6.92 Å². The molecule has 0 amide bonds. The maximum atomic E-state index is 11.6. The molecule has 0 bridgehead atoms. The van der Waals surface area contributed by atoms with Gasteiger partial charge in [0.15, 0.2) is 5.75 Å². The van der Waals surface area contributed by atoms with E-state index < -0.39 is 21.1 Å². The summed E-state index contributed by atoms with van der Waals surface area (Å²) in [6, 6.07) is 3.44. The first-order chi connectivity index (χ1) is 13.6. The van der Waals surface area contributed by atoms with Gasteiger partial charge in [0, 0.05) is 18.1 Å². The highest BCUT2D eigenvalue weighted by Crippen LogP contribution is 2.64. The van der Waals surface area contributed by atoms with Crippen LogP contribution >= 0.6 is 0 Å². The minimum absolute atomic E-state index is 0.0411. The molecule has 0 spiro atoms. The Balaban J connectivity index is 1.77. The summed E-state index contributed by atoms with van der Waals surface area (Å²) in [4.78, 5) is 32.6. The lowest BCUT2D eigenvalue weighted by atomic mass is 9.53. The van der Waals surface area contributed by atoms with Crippen LogP contribution in [0.15, 0.2) is 30.4 Å². The van der Waals surface area contributed by atoms with Crippen LogP contribution in [0, 0.1) is 37.5 Å². The van der Waals surface area contributed by atoms with Gasteiger partial charge in [0.2, 0.25) is 0 Å². The average molecular weight is 404 g/mol. The maximum Gasteiger partial charge on any atom is 0.330 e. The maximum absolute atomic E-state index is 11.6. The molecule has 1 unspecified atom stereocenters. The van der Waals surface area contributed by atoms with Crippen molar-refractivity contribution >= 4 is 17.3 Å². The van der Waals surface area contributed by atoms with Crippen molar-refractivity contribution in [1.82, 2.24) is 0 Å². The fourth-order valence-corrected chi connectivity index (χ4v) is 4.73. The number of rotatable bonds is 7. The Labute approximate surface area is 168 Å². The summed E-state index contributed by atoms with van der Waals surface area (Å²) < 4.78 is 11.0. The number of nitrogens with zero attached hydrogens (tertiary/aromatic N) is 2. The molecule has 2 aliphatic carbocycles. The van der Waals surface area contributed by atoms with Crippen LogP contribution < -0.4 is 4.74 Å². The van der Waals surface area contributed by atoms with Crippen LogP contribution in [0.5, 0.6) is 5.75 Å². The summed E-state index contributed by atoms with van der Waals surface area (Å²) in [5.41, 5.74) is -1.52. The number of ether oxygens (including phenoxy) is 2. The van der Waals surface area contributed by atoms with E-state index in [-0.39, 0.29) is 34.7 Å². The number of non-ortho nitro benzene ring substituents is 1. The lowest BCUT2D eigenvalue weighted by Crippen LogP contribution is -2.51. The number of benzene rings is 1. The number of nitro benzene ring substituents is 2. The summed E-state index contributed by atoms with van der Waals surface area (Å²) in [5, 5.41) is 22.3. The Morgan fingerprint density at radius 2 is 1.97 bits per heavy atom. The number of fused-ring (bicyclic) bond motifs is 1. The van der Waals surface area contributed by atoms with Gasteiger partial charge < -0.3 is 9.47 Å². The molecule has 4 atom stereocenters. The van der Waals surface area contributed by atoms with Crippen molar-refractivity contribution in [1.29, 1.82) is 0 Å². The third kappa shape index (κ3) is 3.81. The lowest BCUT2D eigenvalue weighted by molar-refractivity contribution is -0.395. The van der Waals surface area contributed by atoms with Gasteiger partial charge in [0.25, 0.3) is 5.69 Å². The molecule has 2 saturated carbocycles. The van der Waals surface area contributed by atoms with E-state index >= 15 is 0 Å². The minimum atomic E-state index is -0.669. The Hall–Kier alpha value is -2.97. The van der Waals surface area contributed by atoms with Crippen molar-refractivity contribution in [3.05, 3.63) is 50.6 Å². The molecule has 0 heterocycles. The standard InChI is InChI=1S/C20H24N2O7/c1-4-28-18(23)8-9-19(2)12-15-14(19)7-10-20(15,3)29-17-6-5-13(21(24)25)11-16(17)22(26)27/h5-6,8-9,11,14-15H,4,7,10,12H2,1-3H3/b9-8+/t14-,15-,19?,20+/m0/s1. The van der Waals surface area contributed by atoms with Gasteiger partial charge >= 0.3 is 11.7 Å². The van der Waals surface area contributed by atoms with Crippen LogP contribution in [-0.2, 0) is 9.53 Å². The molecule has 0 aliphatic heterocycles. The number of carbonyl (C=O) groups is 1. The molecule has 0 N–H and O–H groups in total. The molecular weight excluding hydrogens is 380 g/mol. The minimum Gasteiger partial charge on any atom is -0.480 e. The Kier molecular flexibility index (Phi) is 5.34. The number of allylic oxidation sites excluding steroid dienone is 1. The second-order valence-electron chi connectivity index (χ2n) is 8.13. The predicted molar refractivity (Wildman–Crippen MR) is 103 cm³/mol. The molecule has 9 nitrogen and oxygen atoms in total. The van der Waals surface area contributed by atoms with E-state index in [9.17, 15) is 25.0 Å². The van der Waals surface area contributed by atoms with Crippen molar-refractivity contribution in [2.45, 2.75) is 45.6 Å². The summed E-state index contributed by atoms with van der Waals surface area (Å²) >= 11 is 0. The fraction of sp³-hybridized carbons (Fsp3) is 0.550. The van der Waals surface area contributed by atoms with E-state index in [0.29, 0.717) is 13.0 Å². The second kappa shape index (κ2) is 7.46. The Bertz CT molecular complexity index is 884. The molecule has 1 aromatic carbocycles. The third-order valence-electron chi connectivity index (χ3n) is 6.31. The van der Waals surface area contributed by atoms with Gasteiger partial charge in [-0.1, -0.05) is 13.0 Å². The fourth-order valence-electron chi connectivity index (χ4n) is 4.73. The molecule has 156 valence electrons. The van der Waals surface area contributed by atoms with Crippen LogP contribution in [-0.4, -0.2) is 28.0 Å². The average Bonchev–Trinajstić information content (AvgIpc) is 2.91. The number of nitro groups is 2. The third-order valence-corrected chi connectivity index (χ3v) is 6.31. The molecular formula is C20H24N2O7. The van der Waals surface area contributed by atoms with Crippen molar-refractivity contribution < 1.29 is 24.1 Å². The van der Waals surface area contributed by atoms with Crippen molar-refractivity contribution in [3.63, 3.8) is 0 Å². The smallest absolute Gasteiger partial charge is 0.330 e. The Morgan fingerprint density at radius 1 is 1.24 bits per heavy atom. The zero-order valence-corrected chi connectivity index (χ0v) is 16.6. The van der Waals surface area contributed by atoms with E-state index in [2.05, 4.69) is 6.92 Å². The number of esters is 1. The van der Waals surface area contributed by atoms with Crippen LogP contribution in [0.25, 0.3) is 0 Å². The van der Waals surface area contributed by atoms with Crippen molar-refractivity contribution in [3.8, 4) is 5.75 Å². The summed E-state index contributed by atoms with van der Waals surface area (Å²) in [7, 11) is 0. The van der Waals surface area contributed by atoms with Gasteiger partial charge in [-0.2, -0.15) is 0 Å². The lowest BCUT2D eigenvalue weighted by Gasteiger charge is -2.52. The zero-order valence-electron chi connectivity index (χ0n) is 16.6. The molecule has 2 fully saturated rings. The van der Waals surface area contributed by atoms with Gasteiger partial charge in [-0.25, -0.2) is 4.79 Å². The highest BCUT2D eigenvalue weighted by molar-refractivity contribution is 5.82. The van der Waals surface area contributed by atoms with Crippen molar-refractivity contribution in [2.75, 3.05) is 6.61 Å². The van der Waals surface area contributed by atoms with Gasteiger partial charge in [-0.3, -0.25) is 20.2 Å². The zero-order chi connectivity index (χ0) is 21.4. The van der Waals surface area contributed by atoms with Gasteiger partial charge in [-0.15, -0.1) is 0 Å². The summed E-state index contributed by atoms with van der Waals surface area (Å²) in [5.74, 6) is 0.138. The summed E-state index contributed by atoms with van der Waals surface area (Å²) in [6.07, 6.45) is 5.72. The quantitative estimate of drug-likeness (QED) is 0.289. The summed E-state index contributed by atoms with van der Waals surface area (Å²) in [6.45, 7) is 6.09. The van der Waals surface area contributed by atoms with Gasteiger partial charge in [0.05, 0.1) is 22.5 Å². The Morgan fingerprint density at radius 3 is 2.59 bits per heavy atom. The van der Waals surface area contributed by atoms with Crippen LogP contribution in [0.4, 0.5) is 11.4 Å². The highest BCUT2D eigenvalue weighted by atomic mass is 16.6. The van der Waals surface area contributed by atoms with E-state index in [1.807, 2.05) is 13.0 Å². The molecule has 2 aliphatic rings. The van der Waals surface area contributed by atoms with E-state index in [4.69, 9.17) is 9.47 Å². The highest BCUT2D eigenvalue weighted by Gasteiger charge is 2.61. The molecule has 0 aromatic heterocycles. The predicted octanol–water partition coefficient (Wildman–Crippen LogP) is 4.20. The van der Waals surface area contributed by atoms with Gasteiger partial charge in [-0.05, 0) is 50.5 Å². The van der Waals surface area contributed by atoms with Crippen LogP contribution in [0.2, 0.25) is 0 Å². The first-order valence-corrected chi connectivity index (χ1v) is 9.57. The molecule has 29 heavy (non-hydrogen) atoms. The largest absolute Gasteiger partial charge is 0.480 e. The molecule has 0 saturated heterocycles. The van der Waals surface area contributed by atoms with E-state index in [1.165, 1.54) is 18.2 Å². The van der Waals surface area contributed by atoms with Crippen molar-refractivity contribution in [2.24, 2.45) is 17.3 Å². The van der Waals surface area contributed by atoms with Crippen LogP contribution in [0.1, 0.15) is 40.0 Å². The molecule has 9 heteroatoms. The van der Waals surface area contributed by atoms with E-state index in [0.717, 1.165) is 18.9 Å². The normalized spacial score (nSPS) is 30.4. The monoisotopic (exact) mass is 404 g/mol. The number of carbonyl (C=O) groups excluding carboxylic acids is 1. The van der Waals surface area contributed by atoms with Gasteiger partial charge in [0.1, 0.15) is 5.60 Å². The molecule has 1 aromatic rings.